The van der Waals surface area contributed by atoms with Gasteiger partial charge in [-0.2, -0.15) is 0 Å². The molecule has 1 aromatic heterocycles. The van der Waals surface area contributed by atoms with Gasteiger partial charge in [0.2, 0.25) is 0 Å². The summed E-state index contributed by atoms with van der Waals surface area (Å²) in [6.45, 7) is 2.75. The van der Waals surface area contributed by atoms with E-state index in [1.807, 2.05) is 6.92 Å². The van der Waals surface area contributed by atoms with E-state index in [-0.39, 0.29) is 10.7 Å². The first-order chi connectivity index (χ1) is 6.15. The van der Waals surface area contributed by atoms with Crippen molar-refractivity contribution in [2.24, 2.45) is 0 Å². The summed E-state index contributed by atoms with van der Waals surface area (Å²) in [6, 6.07) is 0. The van der Waals surface area contributed by atoms with E-state index in [1.165, 1.54) is 0 Å². The lowest BCUT2D eigenvalue weighted by atomic mass is 10.5. The number of hydrogen-bond donors (Lipinski definition) is 2. The van der Waals surface area contributed by atoms with Crippen LogP contribution >= 0.6 is 11.3 Å². The number of carboxylic acids is 1. The average molecular weight is 202 g/mol. The highest BCUT2D eigenvalue weighted by molar-refractivity contribution is 7.15. The molecule has 0 aliphatic carbocycles. The standard InChI is InChI=1S/C7H10N2O3S/c1-2-12-3-4-9-5(7(10)11)6(8)13-4/h2-3,8H2,1H3,(H,10,11). The molecular weight excluding hydrogens is 192 g/mol. The molecule has 13 heavy (non-hydrogen) atoms. The van der Waals surface area contributed by atoms with Crippen molar-refractivity contribution in [2.75, 3.05) is 12.3 Å². The van der Waals surface area contributed by atoms with Gasteiger partial charge in [0.25, 0.3) is 0 Å². The summed E-state index contributed by atoms with van der Waals surface area (Å²) in [5.41, 5.74) is 5.35. The number of ether oxygens (including phenoxy) is 1. The van der Waals surface area contributed by atoms with E-state index in [0.29, 0.717) is 18.2 Å². The number of nitrogens with zero attached hydrogens (tertiary/aromatic N) is 1. The monoisotopic (exact) mass is 202 g/mol. The fourth-order valence-corrected chi connectivity index (χ4v) is 1.54. The van der Waals surface area contributed by atoms with Crippen molar-refractivity contribution >= 4 is 22.3 Å². The van der Waals surface area contributed by atoms with Gasteiger partial charge in [-0.3, -0.25) is 0 Å². The summed E-state index contributed by atoms with van der Waals surface area (Å²) in [5.74, 6) is -1.10. The second-order valence-electron chi connectivity index (χ2n) is 2.26. The molecule has 1 aromatic rings. The van der Waals surface area contributed by atoms with Crippen molar-refractivity contribution in [3.63, 3.8) is 0 Å². The van der Waals surface area contributed by atoms with Gasteiger partial charge in [-0.25, -0.2) is 9.78 Å². The van der Waals surface area contributed by atoms with Crippen molar-refractivity contribution in [1.29, 1.82) is 0 Å². The molecule has 0 aromatic carbocycles. The maximum atomic E-state index is 10.5. The molecule has 0 radical (unpaired) electrons. The van der Waals surface area contributed by atoms with E-state index >= 15 is 0 Å². The molecule has 1 heterocycles. The lowest BCUT2D eigenvalue weighted by molar-refractivity contribution is 0.0691. The van der Waals surface area contributed by atoms with Crippen LogP contribution in [0.5, 0.6) is 0 Å². The summed E-state index contributed by atoms with van der Waals surface area (Å²) in [5, 5.41) is 9.45. The first-order valence-electron chi connectivity index (χ1n) is 3.71. The quantitative estimate of drug-likeness (QED) is 0.759. The number of thiazole rings is 1. The minimum absolute atomic E-state index is 0.0836. The van der Waals surface area contributed by atoms with Crippen LogP contribution in [0.15, 0.2) is 0 Å². The van der Waals surface area contributed by atoms with Gasteiger partial charge in [-0.1, -0.05) is 11.3 Å². The number of aromatic nitrogens is 1. The van der Waals surface area contributed by atoms with Gasteiger partial charge in [-0.05, 0) is 6.92 Å². The molecule has 6 heteroatoms. The van der Waals surface area contributed by atoms with Crippen LogP contribution in [0.3, 0.4) is 0 Å². The third-order valence-electron chi connectivity index (χ3n) is 1.33. The molecule has 0 saturated heterocycles. The normalized spacial score (nSPS) is 10.2. The smallest absolute Gasteiger partial charge is 0.357 e. The van der Waals surface area contributed by atoms with Crippen LogP contribution in [-0.2, 0) is 11.3 Å². The Kier molecular flexibility index (Phi) is 3.21. The van der Waals surface area contributed by atoms with Crippen LogP contribution in [0.1, 0.15) is 22.4 Å². The highest BCUT2D eigenvalue weighted by Crippen LogP contribution is 2.21. The van der Waals surface area contributed by atoms with E-state index in [1.54, 1.807) is 0 Å². The SMILES string of the molecule is CCOCc1nc(C(=O)O)c(N)s1. The summed E-state index contributed by atoms with van der Waals surface area (Å²) >= 11 is 1.14. The molecule has 0 unspecified atom stereocenters. The number of rotatable bonds is 4. The van der Waals surface area contributed by atoms with E-state index in [2.05, 4.69) is 4.98 Å². The predicted octanol–water partition coefficient (Wildman–Crippen LogP) is 0.960. The third-order valence-corrected chi connectivity index (χ3v) is 2.19. The predicted molar refractivity (Wildman–Crippen MR) is 48.8 cm³/mol. The lowest BCUT2D eigenvalue weighted by Gasteiger charge is -1.93. The van der Waals surface area contributed by atoms with Gasteiger partial charge in [0.1, 0.15) is 10.0 Å². The zero-order chi connectivity index (χ0) is 9.84. The summed E-state index contributed by atoms with van der Waals surface area (Å²) < 4.78 is 5.07. The molecule has 0 saturated carbocycles. The van der Waals surface area contributed by atoms with E-state index in [9.17, 15) is 4.79 Å². The number of aromatic carboxylic acids is 1. The van der Waals surface area contributed by atoms with Crippen LogP contribution in [-0.4, -0.2) is 22.7 Å². The van der Waals surface area contributed by atoms with Crippen LogP contribution in [0.4, 0.5) is 5.00 Å². The third kappa shape index (κ3) is 2.40. The highest BCUT2D eigenvalue weighted by Gasteiger charge is 2.14. The van der Waals surface area contributed by atoms with Crippen LogP contribution in [0.2, 0.25) is 0 Å². The van der Waals surface area contributed by atoms with Crippen LogP contribution in [0, 0.1) is 0 Å². The minimum Gasteiger partial charge on any atom is -0.476 e. The molecular formula is C7H10N2O3S. The molecule has 72 valence electrons. The van der Waals surface area contributed by atoms with Gasteiger partial charge >= 0.3 is 5.97 Å². The van der Waals surface area contributed by atoms with Gasteiger partial charge in [0.15, 0.2) is 5.69 Å². The summed E-state index contributed by atoms with van der Waals surface area (Å²) in [7, 11) is 0. The van der Waals surface area contributed by atoms with Crippen molar-refractivity contribution in [2.45, 2.75) is 13.5 Å². The Morgan fingerprint density at radius 3 is 2.92 bits per heavy atom. The Balaban J connectivity index is 2.76. The Hall–Kier alpha value is -1.14. The Labute approximate surface area is 79.2 Å². The van der Waals surface area contributed by atoms with Gasteiger partial charge in [0.05, 0.1) is 6.61 Å². The Morgan fingerprint density at radius 2 is 2.46 bits per heavy atom. The zero-order valence-electron chi connectivity index (χ0n) is 7.11. The second kappa shape index (κ2) is 4.20. The van der Waals surface area contributed by atoms with E-state index in [0.717, 1.165) is 11.3 Å². The molecule has 0 amide bonds. The van der Waals surface area contributed by atoms with Crippen molar-refractivity contribution < 1.29 is 14.6 Å². The fraction of sp³-hybridized carbons (Fsp3) is 0.429. The Bertz CT molecular complexity index is 311. The minimum atomic E-state index is -1.10. The molecule has 0 fully saturated rings. The summed E-state index contributed by atoms with van der Waals surface area (Å²) in [6.07, 6.45) is 0. The molecule has 3 N–H and O–H groups in total. The largest absolute Gasteiger partial charge is 0.476 e. The molecule has 0 spiro atoms. The van der Waals surface area contributed by atoms with Crippen LogP contribution in [0.25, 0.3) is 0 Å². The molecule has 1 rings (SSSR count). The number of nitrogens with two attached hydrogens (primary N) is 1. The first kappa shape index (κ1) is 9.94. The molecule has 0 atom stereocenters. The highest BCUT2D eigenvalue weighted by atomic mass is 32.1. The average Bonchev–Trinajstić information content (AvgIpc) is 2.43. The fourth-order valence-electron chi connectivity index (χ4n) is 0.782. The number of hydrogen-bond acceptors (Lipinski definition) is 5. The molecule has 0 aliphatic rings. The Morgan fingerprint density at radius 1 is 1.77 bits per heavy atom. The zero-order valence-corrected chi connectivity index (χ0v) is 7.93. The van der Waals surface area contributed by atoms with Gasteiger partial charge in [0, 0.05) is 6.61 Å². The lowest BCUT2D eigenvalue weighted by Crippen LogP contribution is -2.01. The topological polar surface area (TPSA) is 85.4 Å². The first-order valence-corrected chi connectivity index (χ1v) is 4.53. The maximum absolute atomic E-state index is 10.5. The summed E-state index contributed by atoms with van der Waals surface area (Å²) in [4.78, 5) is 14.3. The number of nitrogen functional groups attached to an aromatic ring is 1. The van der Waals surface area contributed by atoms with Crippen molar-refractivity contribution in [1.82, 2.24) is 4.98 Å². The van der Waals surface area contributed by atoms with Gasteiger partial charge in [-0.15, -0.1) is 0 Å². The van der Waals surface area contributed by atoms with E-state index < -0.39 is 5.97 Å². The second-order valence-corrected chi connectivity index (χ2v) is 3.38. The van der Waals surface area contributed by atoms with Crippen molar-refractivity contribution in [3.05, 3.63) is 10.7 Å². The molecule has 0 aliphatic heterocycles. The molecule has 0 bridgehead atoms. The number of carboxylic acid groups (broad SMARTS) is 1. The maximum Gasteiger partial charge on any atom is 0.357 e. The van der Waals surface area contributed by atoms with Gasteiger partial charge < -0.3 is 15.6 Å². The van der Waals surface area contributed by atoms with Crippen molar-refractivity contribution in [3.8, 4) is 0 Å². The number of anilines is 1. The van der Waals surface area contributed by atoms with E-state index in [4.69, 9.17) is 15.6 Å². The molecule has 5 nitrogen and oxygen atoms in total. The number of carbonyl (C=O) groups is 1. The van der Waals surface area contributed by atoms with Crippen LogP contribution < -0.4 is 5.73 Å².